The predicted molar refractivity (Wildman–Crippen MR) is 107 cm³/mol. The standard InChI is InChI=1S/C19H25N3O3S2/c1-15-6-3-4-7-17(15)16(2)20-18(23)14-21-9-11-22(12-10-21)27(24,25)19-8-5-13-26-19/h3-8,13,16H,9-12,14H2,1-2H3,(H,20,23). The summed E-state index contributed by atoms with van der Waals surface area (Å²) in [6, 6.07) is 11.3. The highest BCUT2D eigenvalue weighted by Gasteiger charge is 2.29. The molecule has 2 aromatic rings. The molecule has 1 aliphatic rings. The van der Waals surface area contributed by atoms with Gasteiger partial charge in [0.15, 0.2) is 0 Å². The molecule has 146 valence electrons. The molecular weight excluding hydrogens is 382 g/mol. The van der Waals surface area contributed by atoms with Gasteiger partial charge >= 0.3 is 0 Å². The van der Waals surface area contributed by atoms with Crippen molar-refractivity contribution in [2.45, 2.75) is 24.1 Å². The van der Waals surface area contributed by atoms with E-state index in [1.54, 1.807) is 17.5 Å². The first kappa shape index (κ1) is 20.0. The van der Waals surface area contributed by atoms with E-state index in [1.807, 2.05) is 43.0 Å². The van der Waals surface area contributed by atoms with Gasteiger partial charge in [-0.2, -0.15) is 4.31 Å². The van der Waals surface area contributed by atoms with Crippen molar-refractivity contribution in [3.63, 3.8) is 0 Å². The summed E-state index contributed by atoms with van der Waals surface area (Å²) in [5, 5.41) is 4.80. The Morgan fingerprint density at radius 2 is 1.85 bits per heavy atom. The van der Waals surface area contributed by atoms with Gasteiger partial charge in [-0.15, -0.1) is 11.3 Å². The van der Waals surface area contributed by atoms with Crippen LogP contribution in [0.5, 0.6) is 0 Å². The van der Waals surface area contributed by atoms with Gasteiger partial charge in [0.1, 0.15) is 4.21 Å². The summed E-state index contributed by atoms with van der Waals surface area (Å²) in [6.07, 6.45) is 0. The van der Waals surface area contributed by atoms with Crippen LogP contribution in [0.15, 0.2) is 46.0 Å². The van der Waals surface area contributed by atoms with Crippen molar-refractivity contribution in [1.29, 1.82) is 0 Å². The summed E-state index contributed by atoms with van der Waals surface area (Å²) < 4.78 is 27.0. The fourth-order valence-corrected chi connectivity index (χ4v) is 5.87. The number of sulfonamides is 1. The lowest BCUT2D eigenvalue weighted by Gasteiger charge is -2.33. The smallest absolute Gasteiger partial charge is 0.252 e. The zero-order valence-electron chi connectivity index (χ0n) is 15.6. The van der Waals surface area contributed by atoms with Gasteiger partial charge in [-0.3, -0.25) is 9.69 Å². The maximum Gasteiger partial charge on any atom is 0.252 e. The molecule has 0 bridgehead atoms. The molecule has 0 spiro atoms. The van der Waals surface area contributed by atoms with Crippen LogP contribution >= 0.6 is 11.3 Å². The molecular formula is C19H25N3O3S2. The molecule has 1 atom stereocenters. The number of nitrogens with one attached hydrogen (secondary N) is 1. The number of rotatable bonds is 6. The highest BCUT2D eigenvalue weighted by atomic mass is 32.2. The minimum absolute atomic E-state index is 0.0414. The number of carbonyl (C=O) groups excluding carboxylic acids is 1. The van der Waals surface area contributed by atoms with Gasteiger partial charge in [0.25, 0.3) is 10.0 Å². The third-order valence-electron chi connectivity index (χ3n) is 4.82. The summed E-state index contributed by atoms with van der Waals surface area (Å²) in [7, 11) is -3.41. The van der Waals surface area contributed by atoms with Gasteiger partial charge in [-0.05, 0) is 36.4 Å². The van der Waals surface area contributed by atoms with Crippen LogP contribution in [0.25, 0.3) is 0 Å². The van der Waals surface area contributed by atoms with Gasteiger partial charge in [0.05, 0.1) is 12.6 Å². The highest BCUT2D eigenvalue weighted by Crippen LogP contribution is 2.22. The number of benzene rings is 1. The molecule has 1 N–H and O–H groups in total. The molecule has 1 amide bonds. The molecule has 3 rings (SSSR count). The normalized spacial score (nSPS) is 17.6. The maximum atomic E-state index is 12.6. The van der Waals surface area contributed by atoms with E-state index in [9.17, 15) is 13.2 Å². The van der Waals surface area contributed by atoms with E-state index < -0.39 is 10.0 Å². The minimum Gasteiger partial charge on any atom is -0.348 e. The third-order valence-corrected chi connectivity index (χ3v) is 8.09. The van der Waals surface area contributed by atoms with Crippen LogP contribution in [0.4, 0.5) is 0 Å². The molecule has 0 aliphatic carbocycles. The Morgan fingerprint density at radius 3 is 2.48 bits per heavy atom. The lowest BCUT2D eigenvalue weighted by molar-refractivity contribution is -0.123. The number of hydrogen-bond acceptors (Lipinski definition) is 5. The molecule has 27 heavy (non-hydrogen) atoms. The molecule has 1 aromatic heterocycles. The molecule has 8 heteroatoms. The fraction of sp³-hybridized carbons (Fsp3) is 0.421. The molecule has 1 aliphatic heterocycles. The molecule has 0 saturated carbocycles. The van der Waals surface area contributed by atoms with Crippen LogP contribution in [-0.2, 0) is 14.8 Å². The van der Waals surface area contributed by atoms with Crippen LogP contribution in [-0.4, -0.2) is 56.3 Å². The van der Waals surface area contributed by atoms with Gasteiger partial charge in [-0.1, -0.05) is 30.3 Å². The Kier molecular flexibility index (Phi) is 6.31. The largest absolute Gasteiger partial charge is 0.348 e. The van der Waals surface area contributed by atoms with E-state index in [-0.39, 0.29) is 18.5 Å². The van der Waals surface area contributed by atoms with Crippen molar-refractivity contribution in [3.8, 4) is 0 Å². The molecule has 0 radical (unpaired) electrons. The number of hydrogen-bond donors (Lipinski definition) is 1. The highest BCUT2D eigenvalue weighted by molar-refractivity contribution is 7.91. The average Bonchev–Trinajstić information content (AvgIpc) is 3.18. The van der Waals surface area contributed by atoms with Crippen LogP contribution in [0.3, 0.4) is 0 Å². The fourth-order valence-electron chi connectivity index (χ4n) is 3.31. The summed E-state index contributed by atoms with van der Waals surface area (Å²) in [5.41, 5.74) is 2.26. The molecule has 1 fully saturated rings. The molecule has 1 unspecified atom stereocenters. The van der Waals surface area contributed by atoms with Crippen molar-refractivity contribution in [1.82, 2.24) is 14.5 Å². The van der Waals surface area contributed by atoms with Crippen molar-refractivity contribution in [2.75, 3.05) is 32.7 Å². The van der Waals surface area contributed by atoms with Crippen molar-refractivity contribution in [2.24, 2.45) is 0 Å². The first-order valence-electron chi connectivity index (χ1n) is 8.99. The van der Waals surface area contributed by atoms with Crippen molar-refractivity contribution < 1.29 is 13.2 Å². The SMILES string of the molecule is Cc1ccccc1C(C)NC(=O)CN1CCN(S(=O)(=O)c2cccs2)CC1. The zero-order chi connectivity index (χ0) is 19.4. The number of carbonyl (C=O) groups is 1. The van der Waals surface area contributed by atoms with Gasteiger partial charge in [0, 0.05) is 26.2 Å². The molecule has 2 heterocycles. The Labute approximate surface area is 164 Å². The predicted octanol–water partition coefficient (Wildman–Crippen LogP) is 2.24. The average molecular weight is 408 g/mol. The van der Waals surface area contributed by atoms with Crippen molar-refractivity contribution in [3.05, 3.63) is 52.9 Å². The maximum absolute atomic E-state index is 12.6. The second-order valence-corrected chi connectivity index (χ2v) is 9.87. The van der Waals surface area contributed by atoms with Crippen LogP contribution in [0.1, 0.15) is 24.1 Å². The molecule has 6 nitrogen and oxygen atoms in total. The Hall–Kier alpha value is -1.74. The minimum atomic E-state index is -3.41. The first-order valence-corrected chi connectivity index (χ1v) is 11.3. The molecule has 1 aromatic carbocycles. The first-order chi connectivity index (χ1) is 12.9. The van der Waals surface area contributed by atoms with Crippen LogP contribution in [0, 0.1) is 6.92 Å². The lowest BCUT2D eigenvalue weighted by Crippen LogP contribution is -2.51. The monoisotopic (exact) mass is 407 g/mol. The summed E-state index contributed by atoms with van der Waals surface area (Å²) >= 11 is 1.23. The summed E-state index contributed by atoms with van der Waals surface area (Å²) in [6.45, 7) is 6.20. The Morgan fingerprint density at radius 1 is 1.15 bits per heavy atom. The van der Waals surface area contributed by atoms with Gasteiger partial charge < -0.3 is 5.32 Å². The zero-order valence-corrected chi connectivity index (χ0v) is 17.2. The van der Waals surface area contributed by atoms with Gasteiger partial charge in [-0.25, -0.2) is 8.42 Å². The van der Waals surface area contributed by atoms with E-state index in [1.165, 1.54) is 15.6 Å². The summed E-state index contributed by atoms with van der Waals surface area (Å²) in [4.78, 5) is 14.4. The number of thiophene rings is 1. The van der Waals surface area contributed by atoms with E-state index in [0.717, 1.165) is 11.1 Å². The van der Waals surface area contributed by atoms with E-state index in [0.29, 0.717) is 30.4 Å². The van der Waals surface area contributed by atoms with E-state index >= 15 is 0 Å². The number of aryl methyl sites for hydroxylation is 1. The Bertz CT molecular complexity index is 873. The third kappa shape index (κ3) is 4.76. The quantitative estimate of drug-likeness (QED) is 0.797. The lowest BCUT2D eigenvalue weighted by atomic mass is 10.0. The topological polar surface area (TPSA) is 69.7 Å². The second kappa shape index (κ2) is 8.52. The number of nitrogens with zero attached hydrogens (tertiary/aromatic N) is 2. The van der Waals surface area contributed by atoms with Crippen LogP contribution < -0.4 is 5.32 Å². The van der Waals surface area contributed by atoms with Crippen LogP contribution in [0.2, 0.25) is 0 Å². The summed E-state index contributed by atoms with van der Waals surface area (Å²) in [5.74, 6) is -0.0414. The van der Waals surface area contributed by atoms with Crippen molar-refractivity contribution >= 4 is 27.3 Å². The molecule has 1 saturated heterocycles. The van der Waals surface area contributed by atoms with E-state index in [2.05, 4.69) is 5.32 Å². The number of piperazine rings is 1. The van der Waals surface area contributed by atoms with Gasteiger partial charge in [0.2, 0.25) is 5.91 Å². The Balaban J connectivity index is 1.50. The number of amides is 1. The second-order valence-electron chi connectivity index (χ2n) is 6.76. The van der Waals surface area contributed by atoms with E-state index in [4.69, 9.17) is 0 Å².